The third kappa shape index (κ3) is 8.69. The highest BCUT2D eigenvalue weighted by molar-refractivity contribution is 5.89. The number of nitrogens with one attached hydrogen (secondary N) is 1. The van der Waals surface area contributed by atoms with Gasteiger partial charge in [-0.15, -0.1) is 0 Å². The van der Waals surface area contributed by atoms with Gasteiger partial charge in [-0.1, -0.05) is 0 Å². The summed E-state index contributed by atoms with van der Waals surface area (Å²) in [6.07, 6.45) is 2.27. The summed E-state index contributed by atoms with van der Waals surface area (Å²) in [4.78, 5) is 19.1. The van der Waals surface area contributed by atoms with Gasteiger partial charge in [0.2, 0.25) is 0 Å². The van der Waals surface area contributed by atoms with Crippen LogP contribution in [-0.2, 0) is 9.59 Å². The molecule has 0 amide bonds. The van der Waals surface area contributed by atoms with Crippen molar-refractivity contribution in [1.29, 1.82) is 0 Å². The van der Waals surface area contributed by atoms with Gasteiger partial charge in [0, 0.05) is 24.7 Å². The number of rotatable bonds is 2. The number of nitrogens with two attached hydrogens (primary N) is 1. The Kier molecular flexibility index (Phi) is 6.34. The van der Waals surface area contributed by atoms with Crippen LogP contribution in [0, 0.1) is 0 Å². The second-order valence-electron chi connectivity index (χ2n) is 2.76. The molecule has 6 heteroatoms. The third-order valence-corrected chi connectivity index (χ3v) is 1.47. The average Bonchev–Trinajstić information content (AvgIpc) is 2.53. The van der Waals surface area contributed by atoms with Gasteiger partial charge in [-0.2, -0.15) is 0 Å². The molecule has 1 atom stereocenters. The molecule has 1 saturated heterocycles. The van der Waals surface area contributed by atoms with E-state index in [4.69, 9.17) is 15.9 Å². The number of carboxylic acids is 2. The second-order valence-corrected chi connectivity index (χ2v) is 2.76. The average molecular weight is 202 g/mol. The molecule has 0 aromatic carbocycles. The molecule has 0 bridgehead atoms. The normalized spacial score (nSPS) is 20.2. The van der Waals surface area contributed by atoms with Crippen LogP contribution in [0.15, 0.2) is 12.2 Å². The molecule has 0 radical (unpaired) electrons. The summed E-state index contributed by atoms with van der Waals surface area (Å²) in [5.41, 5.74) is 5.47. The lowest BCUT2D eigenvalue weighted by Crippen LogP contribution is -2.21. The zero-order chi connectivity index (χ0) is 11.0. The molecule has 80 valence electrons. The first kappa shape index (κ1) is 12.6. The number of hydrogen-bond donors (Lipinski definition) is 4. The van der Waals surface area contributed by atoms with Crippen molar-refractivity contribution >= 4 is 11.9 Å². The highest BCUT2D eigenvalue weighted by atomic mass is 16.4. The van der Waals surface area contributed by atoms with E-state index in [1.165, 1.54) is 0 Å². The maximum absolute atomic E-state index is 9.55. The molecule has 14 heavy (non-hydrogen) atoms. The summed E-state index contributed by atoms with van der Waals surface area (Å²) in [5, 5.41) is 18.8. The Labute approximate surface area is 81.4 Å². The van der Waals surface area contributed by atoms with E-state index in [9.17, 15) is 9.59 Å². The molecule has 0 aromatic heterocycles. The fourth-order valence-corrected chi connectivity index (χ4v) is 0.820. The Balaban J connectivity index is 0.000000249. The van der Waals surface area contributed by atoms with E-state index in [0.29, 0.717) is 18.2 Å². The van der Waals surface area contributed by atoms with E-state index in [-0.39, 0.29) is 0 Å². The standard InChI is InChI=1S/C4H10N2.C4H4O4/c5-4-1-2-6-3-4;5-3(6)1-2-4(7)8/h4,6H,1-3,5H2;1-2H,(H,5,6)(H,7,8)/b;2-1+. The minimum atomic E-state index is -1.26. The van der Waals surface area contributed by atoms with Crippen LogP contribution in [0.3, 0.4) is 0 Å². The van der Waals surface area contributed by atoms with Crippen LogP contribution in [0.1, 0.15) is 6.42 Å². The van der Waals surface area contributed by atoms with Crippen molar-refractivity contribution < 1.29 is 19.8 Å². The Hall–Kier alpha value is -1.40. The lowest BCUT2D eigenvalue weighted by Gasteiger charge is -1.91. The summed E-state index contributed by atoms with van der Waals surface area (Å²) in [6, 6.07) is 0.435. The van der Waals surface area contributed by atoms with Crippen LogP contribution in [0.5, 0.6) is 0 Å². The topological polar surface area (TPSA) is 113 Å². The van der Waals surface area contributed by atoms with Crippen molar-refractivity contribution in [3.63, 3.8) is 0 Å². The largest absolute Gasteiger partial charge is 0.478 e. The van der Waals surface area contributed by atoms with Gasteiger partial charge in [0.05, 0.1) is 0 Å². The van der Waals surface area contributed by atoms with Crippen molar-refractivity contribution in [1.82, 2.24) is 5.32 Å². The smallest absolute Gasteiger partial charge is 0.328 e. The second kappa shape index (κ2) is 7.05. The van der Waals surface area contributed by atoms with Crippen molar-refractivity contribution in [2.45, 2.75) is 12.5 Å². The molecule has 1 aliphatic rings. The Morgan fingerprint density at radius 1 is 1.29 bits per heavy atom. The summed E-state index contributed by atoms with van der Waals surface area (Å²) in [7, 11) is 0. The van der Waals surface area contributed by atoms with Gasteiger partial charge in [-0.25, -0.2) is 9.59 Å². The lowest BCUT2D eigenvalue weighted by molar-refractivity contribution is -0.134. The van der Waals surface area contributed by atoms with E-state index in [0.717, 1.165) is 19.5 Å². The van der Waals surface area contributed by atoms with Crippen molar-refractivity contribution in [2.75, 3.05) is 13.1 Å². The molecule has 0 saturated carbocycles. The number of aliphatic carboxylic acids is 2. The molecule has 1 heterocycles. The van der Waals surface area contributed by atoms with Crippen LogP contribution >= 0.6 is 0 Å². The quantitative estimate of drug-likeness (QED) is 0.428. The molecule has 1 unspecified atom stereocenters. The Morgan fingerprint density at radius 3 is 1.93 bits per heavy atom. The summed E-state index contributed by atoms with van der Waals surface area (Å²) in [6.45, 7) is 2.13. The Morgan fingerprint density at radius 2 is 1.79 bits per heavy atom. The predicted molar refractivity (Wildman–Crippen MR) is 49.9 cm³/mol. The zero-order valence-corrected chi connectivity index (χ0v) is 7.64. The maximum atomic E-state index is 9.55. The van der Waals surface area contributed by atoms with Gasteiger partial charge in [-0.3, -0.25) is 0 Å². The Bertz CT molecular complexity index is 205. The first-order valence-electron chi connectivity index (χ1n) is 4.12. The summed E-state index contributed by atoms with van der Waals surface area (Å²) >= 11 is 0. The van der Waals surface area contributed by atoms with Crippen molar-refractivity contribution in [2.24, 2.45) is 5.73 Å². The van der Waals surface area contributed by atoms with E-state index in [2.05, 4.69) is 5.32 Å². The molecule has 0 aromatic rings. The molecule has 1 aliphatic heterocycles. The van der Waals surface area contributed by atoms with Crippen LogP contribution in [0.2, 0.25) is 0 Å². The van der Waals surface area contributed by atoms with Gasteiger partial charge in [0.15, 0.2) is 0 Å². The maximum Gasteiger partial charge on any atom is 0.328 e. The van der Waals surface area contributed by atoms with Crippen molar-refractivity contribution in [3.05, 3.63) is 12.2 Å². The molecule has 0 spiro atoms. The van der Waals surface area contributed by atoms with E-state index in [1.54, 1.807) is 0 Å². The fraction of sp³-hybridized carbons (Fsp3) is 0.500. The fourth-order valence-electron chi connectivity index (χ4n) is 0.820. The lowest BCUT2D eigenvalue weighted by atomic mass is 10.3. The minimum Gasteiger partial charge on any atom is -0.478 e. The minimum absolute atomic E-state index is 0.435. The first-order valence-corrected chi connectivity index (χ1v) is 4.12. The third-order valence-electron chi connectivity index (χ3n) is 1.47. The molecular weight excluding hydrogens is 188 g/mol. The highest BCUT2D eigenvalue weighted by Gasteiger charge is 2.06. The van der Waals surface area contributed by atoms with Gasteiger partial charge in [0.25, 0.3) is 0 Å². The van der Waals surface area contributed by atoms with Gasteiger partial charge < -0.3 is 21.3 Å². The van der Waals surface area contributed by atoms with E-state index >= 15 is 0 Å². The van der Waals surface area contributed by atoms with Crippen molar-refractivity contribution in [3.8, 4) is 0 Å². The van der Waals surface area contributed by atoms with Gasteiger partial charge in [-0.05, 0) is 13.0 Å². The zero-order valence-electron chi connectivity index (χ0n) is 7.64. The molecule has 1 rings (SSSR count). The molecule has 0 aliphatic carbocycles. The van der Waals surface area contributed by atoms with Gasteiger partial charge >= 0.3 is 11.9 Å². The summed E-state index contributed by atoms with van der Waals surface area (Å²) in [5.74, 6) is -2.51. The molecule has 6 nitrogen and oxygen atoms in total. The van der Waals surface area contributed by atoms with Crippen LogP contribution in [0.25, 0.3) is 0 Å². The number of carboxylic acid groups (broad SMARTS) is 2. The van der Waals surface area contributed by atoms with Gasteiger partial charge in [0.1, 0.15) is 0 Å². The van der Waals surface area contributed by atoms with E-state index < -0.39 is 11.9 Å². The first-order chi connectivity index (χ1) is 6.52. The van der Waals surface area contributed by atoms with Crippen LogP contribution < -0.4 is 11.1 Å². The molecule has 1 fully saturated rings. The number of hydrogen-bond acceptors (Lipinski definition) is 4. The molecular formula is C8H14N2O4. The highest BCUT2D eigenvalue weighted by Crippen LogP contribution is 1.90. The molecule has 5 N–H and O–H groups in total. The summed E-state index contributed by atoms with van der Waals surface area (Å²) < 4.78 is 0. The van der Waals surface area contributed by atoms with Crippen LogP contribution in [-0.4, -0.2) is 41.3 Å². The predicted octanol–water partition coefficient (Wildman–Crippen LogP) is -0.981. The number of carbonyl (C=O) groups is 2. The SMILES string of the molecule is NC1CCNC1.O=C(O)/C=C/C(=O)O. The van der Waals surface area contributed by atoms with Crippen LogP contribution in [0.4, 0.5) is 0 Å². The monoisotopic (exact) mass is 202 g/mol. The van der Waals surface area contributed by atoms with E-state index in [1.807, 2.05) is 0 Å².